The Hall–Kier alpha value is -3.42. The Balaban J connectivity index is 1.56. The average molecular weight is 386 g/mol. The van der Waals surface area contributed by atoms with Crippen molar-refractivity contribution in [2.24, 2.45) is 0 Å². The molecule has 2 aromatic carbocycles. The molecule has 3 aromatic rings. The summed E-state index contributed by atoms with van der Waals surface area (Å²) >= 11 is 0. The van der Waals surface area contributed by atoms with Crippen LogP contribution in [-0.2, 0) is 0 Å². The van der Waals surface area contributed by atoms with Gasteiger partial charge in [0.05, 0.1) is 19.3 Å². The van der Waals surface area contributed by atoms with Gasteiger partial charge in [0.15, 0.2) is 0 Å². The zero-order valence-corrected chi connectivity index (χ0v) is 15.5. The summed E-state index contributed by atoms with van der Waals surface area (Å²) in [7, 11) is 1.61. The van der Waals surface area contributed by atoms with E-state index in [1.165, 1.54) is 12.1 Å². The smallest absolute Gasteiger partial charge is 0.224 e. The summed E-state index contributed by atoms with van der Waals surface area (Å²) in [4.78, 5) is 8.58. The normalized spacial score (nSPS) is 10.4. The number of halogens is 2. The molecule has 0 atom stereocenters. The van der Waals surface area contributed by atoms with Gasteiger partial charge in [-0.2, -0.15) is 4.98 Å². The summed E-state index contributed by atoms with van der Waals surface area (Å²) in [6.07, 6.45) is 0. The van der Waals surface area contributed by atoms with E-state index in [1.54, 1.807) is 20.1 Å². The first kappa shape index (κ1) is 19.3. The molecule has 28 heavy (non-hydrogen) atoms. The molecule has 0 bridgehead atoms. The minimum atomic E-state index is -0.696. The topological polar surface area (TPSA) is 68.3 Å². The van der Waals surface area contributed by atoms with Crippen LogP contribution < -0.4 is 20.1 Å². The third-order valence-electron chi connectivity index (χ3n) is 3.76. The molecule has 6 nitrogen and oxygen atoms in total. The predicted octanol–water partition coefficient (Wildman–Crippen LogP) is 4.31. The van der Waals surface area contributed by atoms with Crippen LogP contribution in [0.4, 0.5) is 26.2 Å². The molecule has 3 rings (SSSR count). The molecule has 0 spiro atoms. The van der Waals surface area contributed by atoms with Crippen LogP contribution in [0.25, 0.3) is 0 Å². The van der Waals surface area contributed by atoms with Gasteiger partial charge in [0.2, 0.25) is 5.95 Å². The lowest BCUT2D eigenvalue weighted by molar-refractivity contribution is 0.331. The Morgan fingerprint density at radius 1 is 0.964 bits per heavy atom. The van der Waals surface area contributed by atoms with Crippen LogP contribution in [-0.4, -0.2) is 30.2 Å². The van der Waals surface area contributed by atoms with Gasteiger partial charge in [-0.3, -0.25) is 0 Å². The van der Waals surface area contributed by atoms with Crippen molar-refractivity contribution in [3.05, 3.63) is 65.9 Å². The molecule has 0 aliphatic heterocycles. The zero-order valence-electron chi connectivity index (χ0n) is 15.5. The molecular formula is C20H20F2N4O2. The van der Waals surface area contributed by atoms with Crippen molar-refractivity contribution in [3.63, 3.8) is 0 Å². The molecule has 0 unspecified atom stereocenters. The van der Waals surface area contributed by atoms with Crippen molar-refractivity contribution in [3.8, 4) is 11.5 Å². The van der Waals surface area contributed by atoms with Gasteiger partial charge in [-0.25, -0.2) is 13.8 Å². The van der Waals surface area contributed by atoms with Gasteiger partial charge in [-0.05, 0) is 43.3 Å². The van der Waals surface area contributed by atoms with Crippen LogP contribution in [0.3, 0.4) is 0 Å². The predicted molar refractivity (Wildman–Crippen MR) is 103 cm³/mol. The third-order valence-corrected chi connectivity index (χ3v) is 3.76. The van der Waals surface area contributed by atoms with Crippen molar-refractivity contribution in [1.82, 2.24) is 9.97 Å². The van der Waals surface area contributed by atoms with E-state index in [9.17, 15) is 8.78 Å². The van der Waals surface area contributed by atoms with Gasteiger partial charge in [0.25, 0.3) is 0 Å². The molecular weight excluding hydrogens is 366 g/mol. The lowest BCUT2D eigenvalue weighted by atomic mass is 10.3. The molecule has 0 radical (unpaired) electrons. The number of methoxy groups -OCH3 is 1. The molecule has 0 aliphatic rings. The summed E-state index contributed by atoms with van der Waals surface area (Å²) in [5, 5.41) is 5.89. The van der Waals surface area contributed by atoms with Crippen LogP contribution >= 0.6 is 0 Å². The number of aryl methyl sites for hydroxylation is 1. The van der Waals surface area contributed by atoms with E-state index in [4.69, 9.17) is 9.47 Å². The lowest BCUT2D eigenvalue weighted by Crippen LogP contribution is -2.14. The van der Waals surface area contributed by atoms with Gasteiger partial charge < -0.3 is 20.1 Å². The van der Waals surface area contributed by atoms with Gasteiger partial charge in [-0.15, -0.1) is 0 Å². The second-order valence-electron chi connectivity index (χ2n) is 5.92. The van der Waals surface area contributed by atoms with Crippen LogP contribution in [0.1, 0.15) is 5.69 Å². The maximum Gasteiger partial charge on any atom is 0.224 e. The quantitative estimate of drug-likeness (QED) is 0.563. The Morgan fingerprint density at radius 2 is 1.71 bits per heavy atom. The molecule has 1 aromatic heterocycles. The van der Waals surface area contributed by atoms with Gasteiger partial charge in [-0.1, -0.05) is 0 Å². The van der Waals surface area contributed by atoms with E-state index in [0.29, 0.717) is 30.6 Å². The molecule has 0 saturated carbocycles. The number of ether oxygens (including phenoxy) is 2. The fraction of sp³-hybridized carbons (Fsp3) is 0.200. The first-order valence-electron chi connectivity index (χ1n) is 8.62. The highest BCUT2D eigenvalue weighted by Gasteiger charge is 2.07. The van der Waals surface area contributed by atoms with E-state index in [0.717, 1.165) is 17.6 Å². The van der Waals surface area contributed by atoms with Gasteiger partial charge in [0, 0.05) is 17.8 Å². The Kier molecular flexibility index (Phi) is 6.21. The second-order valence-corrected chi connectivity index (χ2v) is 5.92. The number of rotatable bonds is 8. The lowest BCUT2D eigenvalue weighted by Gasteiger charge is -2.11. The molecule has 0 aliphatic carbocycles. The highest BCUT2D eigenvalue weighted by molar-refractivity contribution is 5.58. The van der Waals surface area contributed by atoms with Crippen molar-refractivity contribution in [2.45, 2.75) is 6.92 Å². The molecule has 0 fully saturated rings. The highest BCUT2D eigenvalue weighted by Crippen LogP contribution is 2.21. The minimum Gasteiger partial charge on any atom is -0.497 e. The van der Waals surface area contributed by atoms with E-state index < -0.39 is 11.6 Å². The molecule has 146 valence electrons. The van der Waals surface area contributed by atoms with Crippen LogP contribution in [0.5, 0.6) is 11.5 Å². The average Bonchev–Trinajstić information content (AvgIpc) is 2.67. The molecule has 1 heterocycles. The second kappa shape index (κ2) is 8.98. The number of hydrogen-bond acceptors (Lipinski definition) is 6. The molecule has 8 heteroatoms. The number of nitrogens with one attached hydrogen (secondary N) is 2. The SMILES string of the molecule is COc1ccc(OCCNc2nc(C)cc(Nc3ccc(F)cc3F)n2)cc1. The van der Waals surface area contributed by atoms with E-state index in [2.05, 4.69) is 20.6 Å². The standard InChI is InChI=1S/C20H20F2N4O2/c1-13-11-19(25-18-8-3-14(21)12-17(18)22)26-20(24-13)23-9-10-28-16-6-4-15(27-2)5-7-16/h3-8,11-12H,9-10H2,1-2H3,(H2,23,24,25,26). The number of anilines is 3. The summed E-state index contributed by atoms with van der Waals surface area (Å²) in [6.45, 7) is 2.67. The molecule has 0 saturated heterocycles. The Bertz CT molecular complexity index is 936. The number of benzene rings is 2. The first-order chi connectivity index (χ1) is 13.5. The van der Waals surface area contributed by atoms with E-state index >= 15 is 0 Å². The summed E-state index contributed by atoms with van der Waals surface area (Å²) in [6, 6.07) is 12.3. The van der Waals surface area contributed by atoms with Crippen molar-refractivity contribution in [2.75, 3.05) is 30.9 Å². The van der Waals surface area contributed by atoms with Crippen molar-refractivity contribution >= 4 is 17.5 Å². The fourth-order valence-corrected chi connectivity index (χ4v) is 2.44. The minimum absolute atomic E-state index is 0.133. The number of nitrogens with zero attached hydrogens (tertiary/aromatic N) is 2. The highest BCUT2D eigenvalue weighted by atomic mass is 19.1. The molecule has 2 N–H and O–H groups in total. The molecule has 0 amide bonds. The van der Waals surface area contributed by atoms with Crippen LogP contribution in [0.15, 0.2) is 48.5 Å². The Labute approximate surface area is 161 Å². The van der Waals surface area contributed by atoms with Gasteiger partial charge >= 0.3 is 0 Å². The first-order valence-corrected chi connectivity index (χ1v) is 8.62. The summed E-state index contributed by atoms with van der Waals surface area (Å²) in [5.74, 6) is 0.929. The maximum absolute atomic E-state index is 13.8. The van der Waals surface area contributed by atoms with E-state index in [1.807, 2.05) is 24.3 Å². The third kappa shape index (κ3) is 5.29. The van der Waals surface area contributed by atoms with Crippen LogP contribution in [0, 0.1) is 18.6 Å². The van der Waals surface area contributed by atoms with Crippen LogP contribution in [0.2, 0.25) is 0 Å². The Morgan fingerprint density at radius 3 is 2.43 bits per heavy atom. The zero-order chi connectivity index (χ0) is 19.9. The van der Waals surface area contributed by atoms with Crippen molar-refractivity contribution < 1.29 is 18.3 Å². The largest absolute Gasteiger partial charge is 0.497 e. The van der Waals surface area contributed by atoms with Gasteiger partial charge in [0.1, 0.15) is 35.6 Å². The fourth-order valence-electron chi connectivity index (χ4n) is 2.44. The summed E-state index contributed by atoms with van der Waals surface area (Å²) < 4.78 is 37.6. The summed E-state index contributed by atoms with van der Waals surface area (Å²) in [5.41, 5.74) is 0.826. The van der Waals surface area contributed by atoms with E-state index in [-0.39, 0.29) is 5.69 Å². The maximum atomic E-state index is 13.8. The van der Waals surface area contributed by atoms with Crippen molar-refractivity contribution in [1.29, 1.82) is 0 Å². The number of hydrogen-bond donors (Lipinski definition) is 2. The number of aromatic nitrogens is 2. The monoisotopic (exact) mass is 386 g/mol.